The van der Waals surface area contributed by atoms with E-state index < -0.39 is 0 Å². The van der Waals surface area contributed by atoms with Crippen LogP contribution in [0.15, 0.2) is 63.0 Å². The average Bonchev–Trinajstić information content (AvgIpc) is 3.05. The molecule has 0 saturated carbocycles. The van der Waals surface area contributed by atoms with E-state index in [9.17, 15) is 4.79 Å². The lowest BCUT2D eigenvalue weighted by molar-refractivity contribution is 0.301. The molecule has 0 atom stereocenters. The average molecular weight is 731 g/mol. The highest BCUT2D eigenvalue weighted by atomic mass is 127. The summed E-state index contributed by atoms with van der Waals surface area (Å²) in [7, 11) is 7.58. The van der Waals surface area contributed by atoms with E-state index in [1.165, 1.54) is 35.5 Å². The Bertz CT molecular complexity index is 1840. The van der Waals surface area contributed by atoms with Gasteiger partial charge in [0, 0.05) is 26.7 Å². The van der Waals surface area contributed by atoms with Crippen LogP contribution >= 0.6 is 34.4 Å². The zero-order valence-electron chi connectivity index (χ0n) is 24.9. The standard InChI is InChI=1S/C32H31IN2O8S/c1-37-20-15-23(38-2)27-24(16-20)43-29(18-12-25(39-3)30(41-5)26(13-18)40-4)31(28(27)36)42-10-6-7-11-44-32-21-14-19(33)8-9-22(21)34-17-35-32/h8-9,12-17H,6-7,10-11H2,1-5H3. The number of thioether (sulfide) groups is 1. The first-order valence-electron chi connectivity index (χ1n) is 13.6. The molecule has 0 unspecified atom stereocenters. The van der Waals surface area contributed by atoms with Crippen LogP contribution in [0, 0.1) is 3.57 Å². The van der Waals surface area contributed by atoms with Gasteiger partial charge < -0.3 is 32.8 Å². The van der Waals surface area contributed by atoms with Gasteiger partial charge in [0.2, 0.25) is 16.9 Å². The van der Waals surface area contributed by atoms with Crippen molar-refractivity contribution in [2.75, 3.05) is 47.9 Å². The van der Waals surface area contributed by atoms with E-state index in [1.54, 1.807) is 42.4 Å². The van der Waals surface area contributed by atoms with Crippen LogP contribution in [-0.4, -0.2) is 57.9 Å². The van der Waals surface area contributed by atoms with Crippen molar-refractivity contribution in [1.82, 2.24) is 9.97 Å². The number of hydrogen-bond donors (Lipinski definition) is 0. The molecule has 0 aliphatic rings. The van der Waals surface area contributed by atoms with Crippen molar-refractivity contribution >= 4 is 56.2 Å². The number of ether oxygens (including phenoxy) is 6. The van der Waals surface area contributed by atoms with Gasteiger partial charge in [-0.2, -0.15) is 0 Å². The van der Waals surface area contributed by atoms with E-state index in [0.29, 0.717) is 40.7 Å². The molecular weight excluding hydrogens is 699 g/mol. The summed E-state index contributed by atoms with van der Waals surface area (Å²) in [4.78, 5) is 22.8. The maximum atomic E-state index is 14.0. The Balaban J connectivity index is 1.44. The van der Waals surface area contributed by atoms with Gasteiger partial charge in [0.15, 0.2) is 17.3 Å². The summed E-state index contributed by atoms with van der Waals surface area (Å²) in [6.45, 7) is 0.287. The Hall–Kier alpha value is -3.91. The first-order chi connectivity index (χ1) is 21.4. The smallest absolute Gasteiger partial charge is 0.239 e. The maximum Gasteiger partial charge on any atom is 0.239 e. The fraction of sp³-hybridized carbons (Fsp3) is 0.281. The van der Waals surface area contributed by atoms with Crippen molar-refractivity contribution in [3.05, 3.63) is 62.6 Å². The molecule has 0 N–H and O–H groups in total. The predicted octanol–water partition coefficient (Wildman–Crippen LogP) is 7.00. The fourth-order valence-electron chi connectivity index (χ4n) is 4.72. The van der Waals surface area contributed by atoms with Crippen molar-refractivity contribution in [3.8, 4) is 45.8 Å². The van der Waals surface area contributed by atoms with Gasteiger partial charge in [-0.1, -0.05) is 0 Å². The molecule has 230 valence electrons. The summed E-state index contributed by atoms with van der Waals surface area (Å²) in [5.41, 5.74) is 1.34. The van der Waals surface area contributed by atoms with E-state index in [-0.39, 0.29) is 34.5 Å². The van der Waals surface area contributed by atoms with Crippen LogP contribution in [-0.2, 0) is 0 Å². The summed E-state index contributed by atoms with van der Waals surface area (Å²) >= 11 is 3.96. The summed E-state index contributed by atoms with van der Waals surface area (Å²) < 4.78 is 41.2. The van der Waals surface area contributed by atoms with Crippen molar-refractivity contribution < 1.29 is 32.8 Å². The molecule has 0 fully saturated rings. The summed E-state index contributed by atoms with van der Waals surface area (Å²) in [5, 5.41) is 2.23. The molecule has 0 aliphatic carbocycles. The number of unbranched alkanes of at least 4 members (excludes halogenated alkanes) is 1. The Morgan fingerprint density at radius 2 is 1.57 bits per heavy atom. The van der Waals surface area contributed by atoms with Gasteiger partial charge in [0.25, 0.3) is 0 Å². The minimum atomic E-state index is -0.370. The third kappa shape index (κ3) is 6.46. The summed E-state index contributed by atoms with van der Waals surface area (Å²) in [6.07, 6.45) is 3.12. The molecule has 5 rings (SSSR count). The molecule has 0 amide bonds. The number of hydrogen-bond acceptors (Lipinski definition) is 11. The fourth-order valence-corrected chi connectivity index (χ4v) is 6.20. The molecule has 0 bridgehead atoms. The lowest BCUT2D eigenvalue weighted by atomic mass is 10.1. The van der Waals surface area contributed by atoms with Crippen molar-refractivity contribution in [3.63, 3.8) is 0 Å². The second-order valence-corrected chi connectivity index (χ2v) is 11.8. The van der Waals surface area contributed by atoms with Crippen molar-refractivity contribution in [2.45, 2.75) is 17.9 Å². The van der Waals surface area contributed by atoms with Crippen LogP contribution in [0.25, 0.3) is 33.2 Å². The number of halogens is 1. The zero-order valence-corrected chi connectivity index (χ0v) is 27.9. The molecule has 2 heterocycles. The lowest BCUT2D eigenvalue weighted by Gasteiger charge is -2.17. The van der Waals surface area contributed by atoms with Crippen LogP contribution in [0.3, 0.4) is 0 Å². The van der Waals surface area contributed by atoms with E-state index >= 15 is 0 Å². The molecule has 0 aliphatic heterocycles. The molecule has 44 heavy (non-hydrogen) atoms. The second kappa shape index (κ2) is 14.2. The highest BCUT2D eigenvalue weighted by Gasteiger charge is 2.24. The Labute approximate surface area is 272 Å². The first kappa shape index (κ1) is 31.5. The highest BCUT2D eigenvalue weighted by molar-refractivity contribution is 14.1. The molecule has 5 aromatic rings. The highest BCUT2D eigenvalue weighted by Crippen LogP contribution is 2.44. The number of aromatic nitrogens is 2. The molecule has 12 heteroatoms. The maximum absolute atomic E-state index is 14.0. The largest absolute Gasteiger partial charge is 0.496 e. The van der Waals surface area contributed by atoms with Gasteiger partial charge in [0.1, 0.15) is 33.8 Å². The van der Waals surface area contributed by atoms with Crippen LogP contribution in [0.4, 0.5) is 0 Å². The summed E-state index contributed by atoms with van der Waals surface area (Å²) in [6, 6.07) is 12.8. The monoisotopic (exact) mass is 730 g/mol. The zero-order chi connectivity index (χ0) is 31.2. The number of methoxy groups -OCH3 is 5. The second-order valence-electron chi connectivity index (χ2n) is 9.45. The van der Waals surface area contributed by atoms with Crippen LogP contribution < -0.4 is 33.8 Å². The van der Waals surface area contributed by atoms with Gasteiger partial charge in [-0.05, 0) is 71.5 Å². The minimum absolute atomic E-state index is 0.0549. The number of nitrogens with zero attached hydrogens (tertiary/aromatic N) is 2. The van der Waals surface area contributed by atoms with E-state index in [1.807, 2.05) is 12.1 Å². The van der Waals surface area contributed by atoms with Gasteiger partial charge in [-0.3, -0.25) is 4.79 Å². The number of fused-ring (bicyclic) bond motifs is 2. The SMILES string of the molecule is COc1cc(OC)c2c(=O)c(OCCCCSc3ncnc4ccc(I)cc34)c(-c3cc(OC)c(OC)c(OC)c3)oc2c1. The molecule has 0 saturated heterocycles. The Morgan fingerprint density at radius 1 is 0.818 bits per heavy atom. The summed E-state index contributed by atoms with van der Waals surface area (Å²) in [5.74, 6) is 3.11. The molecule has 0 spiro atoms. The number of benzene rings is 3. The van der Waals surface area contributed by atoms with E-state index in [2.05, 4.69) is 38.6 Å². The van der Waals surface area contributed by atoms with E-state index in [4.69, 9.17) is 32.8 Å². The topological polar surface area (TPSA) is 111 Å². The third-order valence-corrected chi connectivity index (χ3v) is 8.62. The van der Waals surface area contributed by atoms with Gasteiger partial charge in [-0.25, -0.2) is 9.97 Å². The normalized spacial score (nSPS) is 11.0. The van der Waals surface area contributed by atoms with Crippen LogP contribution in [0.1, 0.15) is 12.8 Å². The van der Waals surface area contributed by atoms with Gasteiger partial charge in [0.05, 0.1) is 47.7 Å². The minimum Gasteiger partial charge on any atom is -0.496 e. The molecular formula is C32H31IN2O8S. The predicted molar refractivity (Wildman–Crippen MR) is 178 cm³/mol. The molecule has 0 radical (unpaired) electrons. The molecule has 3 aromatic carbocycles. The molecule has 10 nitrogen and oxygen atoms in total. The molecule has 2 aromatic heterocycles. The van der Waals surface area contributed by atoms with Gasteiger partial charge >= 0.3 is 0 Å². The third-order valence-electron chi connectivity index (χ3n) is 6.86. The van der Waals surface area contributed by atoms with E-state index in [0.717, 1.165) is 31.7 Å². The van der Waals surface area contributed by atoms with Crippen molar-refractivity contribution in [1.29, 1.82) is 0 Å². The van der Waals surface area contributed by atoms with Gasteiger partial charge in [-0.15, -0.1) is 11.8 Å². The Morgan fingerprint density at radius 3 is 2.25 bits per heavy atom. The lowest BCUT2D eigenvalue weighted by Crippen LogP contribution is -2.12. The quantitative estimate of drug-likeness (QED) is 0.0541. The van der Waals surface area contributed by atoms with Crippen molar-refractivity contribution in [2.24, 2.45) is 0 Å². The van der Waals surface area contributed by atoms with Crippen LogP contribution in [0.5, 0.6) is 34.5 Å². The van der Waals surface area contributed by atoms with Crippen LogP contribution in [0.2, 0.25) is 0 Å². The Kier molecular flexibility index (Phi) is 10.2. The number of rotatable bonds is 13. The first-order valence-corrected chi connectivity index (χ1v) is 15.7.